The van der Waals surface area contributed by atoms with Gasteiger partial charge in [-0.3, -0.25) is 4.79 Å². The molecule has 0 aromatic heterocycles. The van der Waals surface area contributed by atoms with Crippen LogP contribution in [0.15, 0.2) is 42.5 Å². The maximum absolute atomic E-state index is 11.8. The van der Waals surface area contributed by atoms with Gasteiger partial charge < -0.3 is 10.1 Å². The van der Waals surface area contributed by atoms with Crippen molar-refractivity contribution in [1.82, 2.24) is 5.32 Å². The third-order valence-corrected chi connectivity index (χ3v) is 5.15. The van der Waals surface area contributed by atoms with Crippen molar-refractivity contribution in [3.8, 4) is 0 Å². The van der Waals surface area contributed by atoms with Crippen molar-refractivity contribution in [2.24, 2.45) is 5.92 Å². The number of ether oxygens (including phenoxy) is 1. The van der Waals surface area contributed by atoms with Crippen LogP contribution in [-0.2, 0) is 16.0 Å². The summed E-state index contributed by atoms with van der Waals surface area (Å²) in [4.78, 5) is 11.8. The molecule has 1 atom stereocenters. The average molecular weight is 329 g/mol. The molecule has 1 amide bonds. The van der Waals surface area contributed by atoms with Crippen LogP contribution in [0.5, 0.6) is 0 Å². The summed E-state index contributed by atoms with van der Waals surface area (Å²) in [6, 6.07) is 15.0. The molecular weight excluding hydrogens is 306 g/mol. The molecule has 0 bridgehead atoms. The van der Waals surface area contributed by atoms with Crippen LogP contribution in [0.4, 0.5) is 0 Å². The predicted octanol–water partition coefficient (Wildman–Crippen LogP) is 3.27. The topological polar surface area (TPSA) is 38.3 Å². The Kier molecular flexibility index (Phi) is 5.94. The van der Waals surface area contributed by atoms with E-state index in [1.807, 2.05) is 0 Å². The fraction of sp³-hybridized carbons (Fsp3) is 0.421. The zero-order valence-corrected chi connectivity index (χ0v) is 14.1. The lowest BCUT2D eigenvalue weighted by atomic mass is 10.1. The number of nitrogens with one attached hydrogen (secondary N) is 1. The number of carbonyl (C=O) groups excluding carboxylic acids is 1. The molecule has 0 unspecified atom stereocenters. The molecule has 1 N–H and O–H groups in total. The molecule has 0 radical (unpaired) electrons. The summed E-state index contributed by atoms with van der Waals surface area (Å²) in [5.74, 6) is 2.15. The van der Waals surface area contributed by atoms with E-state index >= 15 is 0 Å². The smallest absolute Gasteiger partial charge is 0.230 e. The Morgan fingerprint density at radius 3 is 2.91 bits per heavy atom. The van der Waals surface area contributed by atoms with Crippen LogP contribution >= 0.6 is 11.8 Å². The summed E-state index contributed by atoms with van der Waals surface area (Å²) in [5.41, 5.74) is 1.33. The van der Waals surface area contributed by atoms with E-state index in [1.165, 1.54) is 16.3 Å². The van der Waals surface area contributed by atoms with Crippen molar-refractivity contribution in [3.63, 3.8) is 0 Å². The second-order valence-electron chi connectivity index (χ2n) is 6.02. The molecule has 1 fully saturated rings. The zero-order chi connectivity index (χ0) is 15.9. The molecule has 1 heterocycles. The van der Waals surface area contributed by atoms with Crippen LogP contribution in [0.3, 0.4) is 0 Å². The first-order valence-corrected chi connectivity index (χ1v) is 9.36. The number of rotatable bonds is 7. The van der Waals surface area contributed by atoms with Gasteiger partial charge in [-0.2, -0.15) is 11.8 Å². The predicted molar refractivity (Wildman–Crippen MR) is 96.9 cm³/mol. The van der Waals surface area contributed by atoms with E-state index in [1.54, 1.807) is 11.8 Å². The number of thioether (sulfide) groups is 1. The number of aryl methyl sites for hydroxylation is 1. The lowest BCUT2D eigenvalue weighted by Gasteiger charge is -2.09. The molecule has 0 spiro atoms. The molecule has 23 heavy (non-hydrogen) atoms. The normalized spacial score (nSPS) is 17.5. The maximum Gasteiger partial charge on any atom is 0.230 e. The van der Waals surface area contributed by atoms with Crippen molar-refractivity contribution >= 4 is 28.4 Å². The van der Waals surface area contributed by atoms with Gasteiger partial charge in [0.05, 0.1) is 12.4 Å². The third-order valence-electron chi connectivity index (χ3n) is 4.19. The Hall–Kier alpha value is -1.52. The minimum absolute atomic E-state index is 0.139. The van der Waals surface area contributed by atoms with Crippen molar-refractivity contribution < 1.29 is 9.53 Å². The van der Waals surface area contributed by atoms with Gasteiger partial charge in [-0.25, -0.2) is 0 Å². The Morgan fingerprint density at radius 2 is 2.09 bits per heavy atom. The summed E-state index contributed by atoms with van der Waals surface area (Å²) in [6.07, 6.45) is 2.06. The SMILES string of the molecule is O=C(CSCCc1ccc2ccccc2c1)NC[C@H]1CCOC1. The van der Waals surface area contributed by atoms with E-state index in [0.29, 0.717) is 11.7 Å². The second kappa shape index (κ2) is 8.37. The minimum atomic E-state index is 0.139. The van der Waals surface area contributed by atoms with Crippen molar-refractivity contribution in [2.45, 2.75) is 12.8 Å². The number of hydrogen-bond donors (Lipinski definition) is 1. The fourth-order valence-corrected chi connectivity index (χ4v) is 3.61. The molecule has 1 aliphatic rings. The molecule has 0 saturated carbocycles. The van der Waals surface area contributed by atoms with Gasteiger partial charge in [-0.05, 0) is 34.9 Å². The molecule has 0 aliphatic carbocycles. The van der Waals surface area contributed by atoms with E-state index in [-0.39, 0.29) is 5.91 Å². The van der Waals surface area contributed by atoms with Gasteiger partial charge in [0.15, 0.2) is 0 Å². The molecule has 1 aliphatic heterocycles. The van der Waals surface area contributed by atoms with Gasteiger partial charge >= 0.3 is 0 Å². The van der Waals surface area contributed by atoms with Gasteiger partial charge in [0, 0.05) is 19.1 Å². The van der Waals surface area contributed by atoms with Crippen LogP contribution in [0, 0.1) is 5.92 Å². The van der Waals surface area contributed by atoms with E-state index in [4.69, 9.17) is 4.74 Å². The molecule has 122 valence electrons. The number of fused-ring (bicyclic) bond motifs is 1. The average Bonchev–Trinajstić information content (AvgIpc) is 3.10. The first-order chi connectivity index (χ1) is 11.3. The zero-order valence-electron chi connectivity index (χ0n) is 13.3. The van der Waals surface area contributed by atoms with Gasteiger partial charge in [-0.15, -0.1) is 0 Å². The minimum Gasteiger partial charge on any atom is -0.381 e. The highest BCUT2D eigenvalue weighted by Crippen LogP contribution is 2.17. The lowest BCUT2D eigenvalue weighted by molar-refractivity contribution is -0.118. The molecule has 2 aromatic carbocycles. The number of hydrogen-bond acceptors (Lipinski definition) is 3. The molecule has 3 nitrogen and oxygen atoms in total. The highest BCUT2D eigenvalue weighted by Gasteiger charge is 2.16. The molecule has 2 aromatic rings. The second-order valence-corrected chi connectivity index (χ2v) is 7.12. The summed E-state index contributed by atoms with van der Waals surface area (Å²) < 4.78 is 5.31. The number of benzene rings is 2. The van der Waals surface area contributed by atoms with Gasteiger partial charge in [-0.1, -0.05) is 42.5 Å². The quantitative estimate of drug-likeness (QED) is 0.792. The molecular formula is C19H23NO2S. The Balaban J connectivity index is 1.36. The first-order valence-electron chi connectivity index (χ1n) is 8.21. The number of amides is 1. The highest BCUT2D eigenvalue weighted by atomic mass is 32.2. The highest BCUT2D eigenvalue weighted by molar-refractivity contribution is 7.99. The molecule has 3 rings (SSSR count). The fourth-order valence-electron chi connectivity index (χ4n) is 2.80. The van der Waals surface area contributed by atoms with Gasteiger partial charge in [0.2, 0.25) is 5.91 Å². The maximum atomic E-state index is 11.8. The van der Waals surface area contributed by atoms with Crippen molar-refractivity contribution in [2.75, 3.05) is 31.3 Å². The Bertz CT molecular complexity index is 653. The van der Waals surface area contributed by atoms with E-state index in [0.717, 1.165) is 38.4 Å². The van der Waals surface area contributed by atoms with Crippen LogP contribution in [0.1, 0.15) is 12.0 Å². The lowest BCUT2D eigenvalue weighted by Crippen LogP contribution is -2.30. The monoisotopic (exact) mass is 329 g/mol. The Morgan fingerprint density at radius 1 is 1.22 bits per heavy atom. The van der Waals surface area contributed by atoms with E-state index in [2.05, 4.69) is 47.8 Å². The third kappa shape index (κ3) is 4.98. The van der Waals surface area contributed by atoms with Crippen molar-refractivity contribution in [1.29, 1.82) is 0 Å². The molecule has 4 heteroatoms. The summed E-state index contributed by atoms with van der Waals surface area (Å²) in [6.45, 7) is 2.38. The van der Waals surface area contributed by atoms with E-state index in [9.17, 15) is 4.79 Å². The summed E-state index contributed by atoms with van der Waals surface area (Å²) in [5, 5.41) is 5.57. The largest absolute Gasteiger partial charge is 0.381 e. The summed E-state index contributed by atoms with van der Waals surface area (Å²) in [7, 11) is 0. The van der Waals surface area contributed by atoms with Crippen LogP contribution < -0.4 is 5.32 Å². The van der Waals surface area contributed by atoms with Crippen LogP contribution in [0.2, 0.25) is 0 Å². The first kappa shape index (κ1) is 16.3. The van der Waals surface area contributed by atoms with Crippen molar-refractivity contribution in [3.05, 3.63) is 48.0 Å². The molecule has 1 saturated heterocycles. The summed E-state index contributed by atoms with van der Waals surface area (Å²) >= 11 is 1.70. The van der Waals surface area contributed by atoms with Gasteiger partial charge in [0.1, 0.15) is 0 Å². The van der Waals surface area contributed by atoms with Crippen LogP contribution in [0.25, 0.3) is 10.8 Å². The van der Waals surface area contributed by atoms with E-state index < -0.39 is 0 Å². The standard InChI is InChI=1S/C19H23NO2S/c21-19(20-12-16-7-9-22-13-16)14-23-10-8-15-5-6-17-3-1-2-4-18(17)11-15/h1-6,11,16H,7-10,12-14H2,(H,20,21)/t16-/m1/s1. The Labute approximate surface area is 141 Å². The van der Waals surface area contributed by atoms with Gasteiger partial charge in [0.25, 0.3) is 0 Å². The number of carbonyl (C=O) groups is 1. The van der Waals surface area contributed by atoms with Crippen LogP contribution in [-0.4, -0.2) is 37.2 Å².